The number of carbonyl (C=O) groups excluding carboxylic acids is 1. The summed E-state index contributed by atoms with van der Waals surface area (Å²) in [6.07, 6.45) is 0. The second-order valence-corrected chi connectivity index (χ2v) is 5.36. The van der Waals surface area contributed by atoms with Crippen molar-refractivity contribution in [3.8, 4) is 0 Å². The molecule has 0 bridgehead atoms. The minimum Gasteiger partial charge on any atom is -0.329 e. The van der Waals surface area contributed by atoms with E-state index in [1.807, 2.05) is 11.9 Å². The van der Waals surface area contributed by atoms with Crippen molar-refractivity contribution in [1.82, 2.24) is 15.5 Å². The lowest BCUT2D eigenvalue weighted by molar-refractivity contribution is 0.218. The smallest absolute Gasteiger partial charge is 0.318 e. The van der Waals surface area contributed by atoms with Gasteiger partial charge in [-0.1, -0.05) is 17.7 Å². The van der Waals surface area contributed by atoms with E-state index in [9.17, 15) is 4.79 Å². The van der Waals surface area contributed by atoms with Gasteiger partial charge < -0.3 is 15.5 Å². The van der Waals surface area contributed by atoms with Gasteiger partial charge in [0.25, 0.3) is 0 Å². The van der Waals surface area contributed by atoms with Crippen LogP contribution in [0.1, 0.15) is 28.3 Å². The normalized spacial score (nSPS) is 18.8. The van der Waals surface area contributed by atoms with Gasteiger partial charge in [0, 0.05) is 19.6 Å². The monoisotopic (exact) mass is 261 g/mol. The van der Waals surface area contributed by atoms with Gasteiger partial charge >= 0.3 is 6.03 Å². The molecule has 0 radical (unpaired) electrons. The van der Waals surface area contributed by atoms with Crippen molar-refractivity contribution >= 4 is 6.03 Å². The number of aryl methyl sites for hydroxylation is 3. The maximum absolute atomic E-state index is 11.9. The van der Waals surface area contributed by atoms with Crippen LogP contribution in [0.5, 0.6) is 0 Å². The summed E-state index contributed by atoms with van der Waals surface area (Å²) in [4.78, 5) is 13.8. The van der Waals surface area contributed by atoms with Gasteiger partial charge in [-0.15, -0.1) is 0 Å². The van der Waals surface area contributed by atoms with Crippen LogP contribution in [0, 0.1) is 20.8 Å². The highest BCUT2D eigenvalue weighted by molar-refractivity contribution is 5.77. The van der Waals surface area contributed by atoms with Crippen LogP contribution in [0.25, 0.3) is 0 Å². The van der Waals surface area contributed by atoms with Crippen LogP contribution in [0.15, 0.2) is 12.1 Å². The first kappa shape index (κ1) is 13.9. The molecule has 104 valence electrons. The minimum absolute atomic E-state index is 0.0413. The molecule has 2 N–H and O–H groups in total. The Bertz CT molecular complexity index is 461. The Morgan fingerprint density at radius 2 is 1.95 bits per heavy atom. The van der Waals surface area contributed by atoms with Crippen molar-refractivity contribution in [3.63, 3.8) is 0 Å². The van der Waals surface area contributed by atoms with Crippen molar-refractivity contribution < 1.29 is 4.79 Å². The predicted molar refractivity (Wildman–Crippen MR) is 77.4 cm³/mol. The maximum Gasteiger partial charge on any atom is 0.318 e. The van der Waals surface area contributed by atoms with E-state index in [0.29, 0.717) is 0 Å². The van der Waals surface area contributed by atoms with Gasteiger partial charge in [-0.25, -0.2) is 4.79 Å². The zero-order valence-corrected chi connectivity index (χ0v) is 12.2. The number of amides is 2. The van der Waals surface area contributed by atoms with Crippen LogP contribution >= 0.6 is 0 Å². The highest BCUT2D eigenvalue weighted by atomic mass is 16.2. The highest BCUT2D eigenvalue weighted by Gasteiger charge is 2.30. The van der Waals surface area contributed by atoms with Gasteiger partial charge in [0.2, 0.25) is 0 Å². The Hall–Kier alpha value is -1.55. The Balaban J connectivity index is 2.18. The minimum atomic E-state index is 0.0413. The topological polar surface area (TPSA) is 44.4 Å². The molecule has 0 aliphatic carbocycles. The molecular formula is C15H23N3O. The summed E-state index contributed by atoms with van der Waals surface area (Å²) in [6.45, 7) is 8.69. The number of nitrogens with one attached hydrogen (secondary N) is 2. The summed E-state index contributed by atoms with van der Waals surface area (Å²) in [5, 5.41) is 6.17. The molecule has 4 heteroatoms. The lowest BCUT2D eigenvalue weighted by Gasteiger charge is -2.18. The Labute approximate surface area is 115 Å². The number of likely N-dealkylation sites (N-methyl/N-ethyl adjacent to an activating group) is 1. The lowest BCUT2D eigenvalue weighted by atomic mass is 9.94. The lowest BCUT2D eigenvalue weighted by Crippen LogP contribution is -2.33. The van der Waals surface area contributed by atoms with Gasteiger partial charge in [-0.2, -0.15) is 0 Å². The summed E-state index contributed by atoms with van der Waals surface area (Å²) < 4.78 is 0. The van der Waals surface area contributed by atoms with Gasteiger partial charge in [0.05, 0.1) is 6.04 Å². The van der Waals surface area contributed by atoms with E-state index >= 15 is 0 Å². The molecule has 1 aliphatic rings. The standard InChI is InChI=1S/C15H23N3O/c1-10-7-11(2)14(12(3)8-10)13-9-18(6-5-16-4)15(19)17-13/h7-8,13,16H,5-6,9H2,1-4H3,(H,17,19). The summed E-state index contributed by atoms with van der Waals surface area (Å²) >= 11 is 0. The number of hydrogen-bond acceptors (Lipinski definition) is 2. The molecule has 0 saturated carbocycles. The second-order valence-electron chi connectivity index (χ2n) is 5.36. The van der Waals surface area contributed by atoms with Gasteiger partial charge in [0.1, 0.15) is 0 Å². The number of carbonyl (C=O) groups is 1. The van der Waals surface area contributed by atoms with E-state index in [2.05, 4.69) is 43.5 Å². The molecule has 1 aromatic rings. The third kappa shape index (κ3) is 2.89. The van der Waals surface area contributed by atoms with Crippen molar-refractivity contribution in [2.75, 3.05) is 26.7 Å². The molecule has 2 amide bonds. The summed E-state index contributed by atoms with van der Waals surface area (Å²) in [5.41, 5.74) is 5.07. The van der Waals surface area contributed by atoms with E-state index in [1.54, 1.807) is 0 Å². The van der Waals surface area contributed by atoms with E-state index in [4.69, 9.17) is 0 Å². The van der Waals surface area contributed by atoms with E-state index < -0.39 is 0 Å². The van der Waals surface area contributed by atoms with Crippen molar-refractivity contribution in [3.05, 3.63) is 34.4 Å². The molecule has 1 aliphatic heterocycles. The molecule has 4 nitrogen and oxygen atoms in total. The molecule has 1 aromatic carbocycles. The highest BCUT2D eigenvalue weighted by Crippen LogP contribution is 2.27. The van der Waals surface area contributed by atoms with Crippen molar-refractivity contribution in [2.45, 2.75) is 26.8 Å². The molecule has 0 aromatic heterocycles. The summed E-state index contributed by atoms with van der Waals surface area (Å²) in [7, 11) is 1.90. The quantitative estimate of drug-likeness (QED) is 0.869. The molecule has 1 unspecified atom stereocenters. The second kappa shape index (κ2) is 5.61. The maximum atomic E-state index is 11.9. The van der Waals surface area contributed by atoms with Crippen LogP contribution < -0.4 is 10.6 Å². The number of urea groups is 1. The summed E-state index contributed by atoms with van der Waals surface area (Å²) in [5.74, 6) is 0. The number of nitrogens with zero attached hydrogens (tertiary/aromatic N) is 1. The largest absolute Gasteiger partial charge is 0.329 e. The number of benzene rings is 1. The summed E-state index contributed by atoms with van der Waals surface area (Å²) in [6, 6.07) is 4.53. The average molecular weight is 261 g/mol. The molecule has 1 saturated heterocycles. The molecule has 1 fully saturated rings. The zero-order valence-electron chi connectivity index (χ0n) is 12.2. The van der Waals surface area contributed by atoms with E-state index in [-0.39, 0.29) is 12.1 Å². The van der Waals surface area contributed by atoms with Crippen molar-refractivity contribution in [1.29, 1.82) is 0 Å². The van der Waals surface area contributed by atoms with Crippen LogP contribution in [-0.4, -0.2) is 37.6 Å². The molecule has 19 heavy (non-hydrogen) atoms. The van der Waals surface area contributed by atoms with Gasteiger partial charge in [0.15, 0.2) is 0 Å². The van der Waals surface area contributed by atoms with Crippen LogP contribution in [0.4, 0.5) is 4.79 Å². The predicted octanol–water partition coefficient (Wildman–Crippen LogP) is 1.90. The Morgan fingerprint density at radius 3 is 2.53 bits per heavy atom. The van der Waals surface area contributed by atoms with Crippen LogP contribution in [-0.2, 0) is 0 Å². The van der Waals surface area contributed by atoms with Crippen molar-refractivity contribution in [2.24, 2.45) is 0 Å². The number of hydrogen-bond donors (Lipinski definition) is 2. The fourth-order valence-corrected chi connectivity index (χ4v) is 2.93. The first-order valence-electron chi connectivity index (χ1n) is 6.80. The third-order valence-corrected chi connectivity index (χ3v) is 3.71. The van der Waals surface area contributed by atoms with Gasteiger partial charge in [-0.3, -0.25) is 0 Å². The molecule has 2 rings (SSSR count). The SMILES string of the molecule is CNCCN1CC(c2c(C)cc(C)cc2C)NC1=O. The van der Waals surface area contributed by atoms with Crippen LogP contribution in [0.2, 0.25) is 0 Å². The van der Waals surface area contributed by atoms with Gasteiger partial charge in [-0.05, 0) is 44.5 Å². The fraction of sp³-hybridized carbons (Fsp3) is 0.533. The van der Waals surface area contributed by atoms with Crippen LogP contribution in [0.3, 0.4) is 0 Å². The fourth-order valence-electron chi connectivity index (χ4n) is 2.93. The zero-order chi connectivity index (χ0) is 14.0. The molecule has 1 heterocycles. The van der Waals surface area contributed by atoms with E-state index in [1.165, 1.54) is 22.3 Å². The molecule has 0 spiro atoms. The third-order valence-electron chi connectivity index (χ3n) is 3.71. The first-order chi connectivity index (χ1) is 9.02. The first-order valence-corrected chi connectivity index (χ1v) is 6.80. The van der Waals surface area contributed by atoms with E-state index in [0.717, 1.165) is 19.6 Å². The number of rotatable bonds is 4. The average Bonchev–Trinajstić information content (AvgIpc) is 2.66. The Morgan fingerprint density at radius 1 is 1.32 bits per heavy atom. The molecule has 1 atom stereocenters. The molecular weight excluding hydrogens is 238 g/mol. The Kier molecular flexibility index (Phi) is 4.10.